The number of aliphatic hydroxyl groups is 1. The summed E-state index contributed by atoms with van der Waals surface area (Å²) in [7, 11) is 1.72. The van der Waals surface area contributed by atoms with E-state index in [2.05, 4.69) is 5.32 Å². The van der Waals surface area contributed by atoms with Gasteiger partial charge < -0.3 is 20.1 Å². The van der Waals surface area contributed by atoms with E-state index in [4.69, 9.17) is 4.74 Å². The maximum atomic E-state index is 12.0. The van der Waals surface area contributed by atoms with Crippen molar-refractivity contribution in [2.24, 2.45) is 0 Å². The minimum atomic E-state index is -0.552. The zero-order valence-electron chi connectivity index (χ0n) is 12.6. The largest absolute Gasteiger partial charge is 0.389 e. The summed E-state index contributed by atoms with van der Waals surface area (Å²) in [5.74, 6) is 0. The van der Waals surface area contributed by atoms with Crippen molar-refractivity contribution in [3.05, 3.63) is 29.8 Å². The lowest BCUT2D eigenvalue weighted by Gasteiger charge is -2.19. The van der Waals surface area contributed by atoms with Gasteiger partial charge in [0.2, 0.25) is 0 Å². The van der Waals surface area contributed by atoms with Crippen LogP contribution in [0.2, 0.25) is 0 Å². The number of urea groups is 1. The predicted molar refractivity (Wildman–Crippen MR) is 79.8 cm³/mol. The topological polar surface area (TPSA) is 61.8 Å². The zero-order valence-corrected chi connectivity index (χ0v) is 12.6. The summed E-state index contributed by atoms with van der Waals surface area (Å²) in [6.07, 6.45) is -0.391. The Hall–Kier alpha value is -1.59. The Bertz CT molecular complexity index is 433. The van der Waals surface area contributed by atoms with Gasteiger partial charge in [-0.15, -0.1) is 0 Å². The van der Waals surface area contributed by atoms with Gasteiger partial charge in [-0.25, -0.2) is 4.79 Å². The van der Waals surface area contributed by atoms with Crippen LogP contribution >= 0.6 is 0 Å². The average Bonchev–Trinajstić information content (AvgIpc) is 2.38. The molecule has 1 aromatic carbocycles. The molecular formula is C15H24N2O3. The molecule has 2 amide bonds. The van der Waals surface area contributed by atoms with E-state index in [1.165, 1.54) is 0 Å². The third-order valence-electron chi connectivity index (χ3n) is 2.84. The van der Waals surface area contributed by atoms with Crippen LogP contribution in [0.5, 0.6) is 0 Å². The van der Waals surface area contributed by atoms with Gasteiger partial charge in [0.1, 0.15) is 0 Å². The van der Waals surface area contributed by atoms with Crippen molar-refractivity contribution in [2.45, 2.75) is 33.0 Å². The molecule has 0 saturated carbocycles. The number of hydrogen-bond donors (Lipinski definition) is 2. The fourth-order valence-corrected chi connectivity index (χ4v) is 1.62. The number of anilines is 1. The van der Waals surface area contributed by atoms with E-state index in [9.17, 15) is 9.90 Å². The SMILES string of the molecule is CC(C)OCCN(C)C(=O)Nc1cccc(C(C)O)c1. The van der Waals surface area contributed by atoms with E-state index in [0.29, 0.717) is 18.8 Å². The molecule has 0 heterocycles. The summed E-state index contributed by atoms with van der Waals surface area (Å²) >= 11 is 0. The second-order valence-electron chi connectivity index (χ2n) is 5.07. The summed E-state index contributed by atoms with van der Waals surface area (Å²) in [5, 5.41) is 12.3. The third kappa shape index (κ3) is 5.59. The average molecular weight is 280 g/mol. The molecule has 112 valence electrons. The van der Waals surface area contributed by atoms with Crippen LogP contribution in [0.1, 0.15) is 32.4 Å². The Morgan fingerprint density at radius 3 is 2.70 bits per heavy atom. The molecular weight excluding hydrogens is 256 g/mol. The standard InChI is InChI=1S/C15H24N2O3/c1-11(2)20-9-8-17(4)15(19)16-14-7-5-6-13(10-14)12(3)18/h5-7,10-12,18H,8-9H2,1-4H3,(H,16,19). The molecule has 1 unspecified atom stereocenters. The Morgan fingerprint density at radius 2 is 2.10 bits per heavy atom. The van der Waals surface area contributed by atoms with Crippen molar-refractivity contribution in [1.29, 1.82) is 0 Å². The highest BCUT2D eigenvalue weighted by Crippen LogP contribution is 2.17. The van der Waals surface area contributed by atoms with Gasteiger partial charge in [0.15, 0.2) is 0 Å². The number of amides is 2. The van der Waals surface area contributed by atoms with E-state index < -0.39 is 6.10 Å². The Kier molecular flexibility index (Phi) is 6.48. The first-order chi connectivity index (χ1) is 9.40. The minimum absolute atomic E-state index is 0.161. The number of carbonyl (C=O) groups is 1. The van der Waals surface area contributed by atoms with Gasteiger partial charge in [0.25, 0.3) is 0 Å². The van der Waals surface area contributed by atoms with Gasteiger partial charge in [0, 0.05) is 19.3 Å². The second-order valence-corrected chi connectivity index (χ2v) is 5.07. The highest BCUT2D eigenvalue weighted by Gasteiger charge is 2.10. The fraction of sp³-hybridized carbons (Fsp3) is 0.533. The van der Waals surface area contributed by atoms with E-state index in [1.807, 2.05) is 19.9 Å². The Balaban J connectivity index is 2.50. The number of ether oxygens (including phenoxy) is 1. The number of benzene rings is 1. The van der Waals surface area contributed by atoms with Crippen molar-refractivity contribution in [3.63, 3.8) is 0 Å². The normalized spacial score (nSPS) is 12.3. The van der Waals surface area contributed by atoms with Gasteiger partial charge >= 0.3 is 6.03 Å². The van der Waals surface area contributed by atoms with E-state index >= 15 is 0 Å². The lowest BCUT2D eigenvalue weighted by molar-refractivity contribution is 0.0691. The molecule has 0 spiro atoms. The quantitative estimate of drug-likeness (QED) is 0.842. The van der Waals surface area contributed by atoms with Crippen LogP contribution in [0, 0.1) is 0 Å². The number of aliphatic hydroxyl groups excluding tert-OH is 1. The molecule has 0 saturated heterocycles. The smallest absolute Gasteiger partial charge is 0.321 e. The molecule has 5 nitrogen and oxygen atoms in total. The molecule has 0 aliphatic rings. The molecule has 1 atom stereocenters. The number of rotatable bonds is 6. The molecule has 0 aliphatic carbocycles. The number of nitrogens with zero attached hydrogens (tertiary/aromatic N) is 1. The number of carbonyl (C=O) groups excluding carboxylic acids is 1. The second kappa shape index (κ2) is 7.87. The lowest BCUT2D eigenvalue weighted by atomic mass is 10.1. The summed E-state index contributed by atoms with van der Waals surface area (Å²) in [4.78, 5) is 13.5. The molecule has 0 radical (unpaired) electrons. The third-order valence-corrected chi connectivity index (χ3v) is 2.84. The van der Waals surface area contributed by atoms with Crippen molar-refractivity contribution in [2.75, 3.05) is 25.5 Å². The van der Waals surface area contributed by atoms with Crippen LogP contribution in [0.25, 0.3) is 0 Å². The van der Waals surface area contributed by atoms with Crippen molar-refractivity contribution in [3.8, 4) is 0 Å². The highest BCUT2D eigenvalue weighted by atomic mass is 16.5. The monoisotopic (exact) mass is 280 g/mol. The van der Waals surface area contributed by atoms with Crippen LogP contribution in [0.15, 0.2) is 24.3 Å². The van der Waals surface area contributed by atoms with Crippen LogP contribution in [-0.2, 0) is 4.74 Å². The number of likely N-dealkylation sites (N-methyl/N-ethyl adjacent to an activating group) is 1. The van der Waals surface area contributed by atoms with Crippen molar-refractivity contribution < 1.29 is 14.6 Å². The maximum Gasteiger partial charge on any atom is 0.321 e. The van der Waals surface area contributed by atoms with Crippen molar-refractivity contribution >= 4 is 11.7 Å². The van der Waals surface area contributed by atoms with Crippen LogP contribution in [0.3, 0.4) is 0 Å². The van der Waals surface area contributed by atoms with Gasteiger partial charge in [-0.1, -0.05) is 12.1 Å². The summed E-state index contributed by atoms with van der Waals surface area (Å²) in [5.41, 5.74) is 1.44. The molecule has 5 heteroatoms. The van der Waals surface area contributed by atoms with Crippen LogP contribution in [0.4, 0.5) is 10.5 Å². The molecule has 0 aromatic heterocycles. The Morgan fingerprint density at radius 1 is 1.40 bits per heavy atom. The first kappa shape index (κ1) is 16.5. The maximum absolute atomic E-state index is 12.0. The summed E-state index contributed by atoms with van der Waals surface area (Å²) in [6, 6.07) is 6.99. The molecule has 1 aromatic rings. The van der Waals surface area contributed by atoms with E-state index in [0.717, 1.165) is 5.56 Å². The predicted octanol–water partition coefficient (Wildman–Crippen LogP) is 2.63. The molecule has 1 rings (SSSR count). The van der Waals surface area contributed by atoms with Gasteiger partial charge in [-0.2, -0.15) is 0 Å². The van der Waals surface area contributed by atoms with Gasteiger partial charge in [-0.3, -0.25) is 0 Å². The van der Waals surface area contributed by atoms with E-state index in [1.54, 1.807) is 37.1 Å². The van der Waals surface area contributed by atoms with Crippen LogP contribution in [-0.4, -0.2) is 42.3 Å². The van der Waals surface area contributed by atoms with Gasteiger partial charge in [0.05, 0.1) is 18.8 Å². The highest BCUT2D eigenvalue weighted by molar-refractivity contribution is 5.89. The minimum Gasteiger partial charge on any atom is -0.389 e. The summed E-state index contributed by atoms with van der Waals surface area (Å²) < 4.78 is 5.41. The first-order valence-electron chi connectivity index (χ1n) is 6.82. The molecule has 0 fully saturated rings. The molecule has 0 aliphatic heterocycles. The first-order valence-corrected chi connectivity index (χ1v) is 6.82. The molecule has 0 bridgehead atoms. The molecule has 2 N–H and O–H groups in total. The summed E-state index contributed by atoms with van der Waals surface area (Å²) in [6.45, 7) is 6.65. The number of nitrogens with one attached hydrogen (secondary N) is 1. The van der Waals surface area contributed by atoms with Crippen molar-refractivity contribution in [1.82, 2.24) is 4.90 Å². The van der Waals surface area contributed by atoms with Crippen LogP contribution < -0.4 is 5.32 Å². The zero-order chi connectivity index (χ0) is 15.1. The number of hydrogen-bond acceptors (Lipinski definition) is 3. The van der Waals surface area contributed by atoms with E-state index in [-0.39, 0.29) is 12.1 Å². The molecule has 20 heavy (non-hydrogen) atoms. The Labute approximate surface area is 120 Å². The lowest BCUT2D eigenvalue weighted by Crippen LogP contribution is -2.34. The van der Waals surface area contributed by atoms with Gasteiger partial charge in [-0.05, 0) is 38.5 Å². The fourth-order valence-electron chi connectivity index (χ4n) is 1.62.